The molecule has 3 rings (SSSR count). The first-order chi connectivity index (χ1) is 15.1. The minimum Gasteiger partial charge on any atom is -0.493 e. The Morgan fingerprint density at radius 1 is 1.16 bits per heavy atom. The lowest BCUT2D eigenvalue weighted by atomic mass is 10.1. The third-order valence-electron chi connectivity index (χ3n) is 4.52. The van der Waals surface area contributed by atoms with Crippen LogP contribution in [0, 0.1) is 13.8 Å². The molecular formula is C22H20F3NO4S2. The van der Waals surface area contributed by atoms with Crippen molar-refractivity contribution in [3.8, 4) is 22.1 Å². The molecule has 0 aliphatic heterocycles. The van der Waals surface area contributed by atoms with Gasteiger partial charge < -0.3 is 14.6 Å². The second-order valence-electron chi connectivity index (χ2n) is 6.84. The number of halogens is 3. The molecule has 1 N–H and O–H groups in total. The summed E-state index contributed by atoms with van der Waals surface area (Å²) in [6.07, 6.45) is -4.38. The molecule has 0 bridgehead atoms. The quantitative estimate of drug-likeness (QED) is 0.384. The molecule has 0 saturated carbocycles. The van der Waals surface area contributed by atoms with Crippen molar-refractivity contribution < 1.29 is 32.5 Å². The van der Waals surface area contributed by atoms with Crippen LogP contribution in [0.4, 0.5) is 13.2 Å². The summed E-state index contributed by atoms with van der Waals surface area (Å²) in [5.41, 5.74) is 1.49. The third kappa shape index (κ3) is 5.74. The number of carbonyl (C=O) groups is 1. The van der Waals surface area contributed by atoms with Gasteiger partial charge >= 0.3 is 12.1 Å². The first-order valence-corrected chi connectivity index (χ1v) is 11.2. The first-order valence-electron chi connectivity index (χ1n) is 9.38. The van der Waals surface area contributed by atoms with Gasteiger partial charge in [0, 0.05) is 10.5 Å². The van der Waals surface area contributed by atoms with Gasteiger partial charge in [-0.25, -0.2) is 4.98 Å². The summed E-state index contributed by atoms with van der Waals surface area (Å²) in [4.78, 5) is 16.9. The predicted octanol–water partition coefficient (Wildman–Crippen LogP) is 6.21. The van der Waals surface area contributed by atoms with Crippen LogP contribution < -0.4 is 9.47 Å². The largest absolute Gasteiger partial charge is 0.493 e. The number of aryl methyl sites for hydroxylation is 2. The van der Waals surface area contributed by atoms with Crippen LogP contribution in [0.25, 0.3) is 10.6 Å². The van der Waals surface area contributed by atoms with E-state index in [9.17, 15) is 18.0 Å². The molecule has 5 nitrogen and oxygen atoms in total. The molecule has 0 aliphatic carbocycles. The standard InChI is InChI=1S/C22H20F3NO4S2/c1-12-8-17(16(29-3)9-18(12)31-11-20(27)28)30-10-19-13(2)26-21(32-19)14-4-6-15(7-5-14)22(23,24)25/h4-9H,10-11H2,1-3H3,(H,27,28). The summed E-state index contributed by atoms with van der Waals surface area (Å²) in [6.45, 7) is 3.88. The number of methoxy groups -OCH3 is 1. The Hall–Kier alpha value is -2.72. The molecule has 0 spiro atoms. The van der Waals surface area contributed by atoms with E-state index in [0.717, 1.165) is 33.2 Å². The van der Waals surface area contributed by atoms with Crippen LogP contribution in [0.5, 0.6) is 11.5 Å². The van der Waals surface area contributed by atoms with E-state index < -0.39 is 17.7 Å². The lowest BCUT2D eigenvalue weighted by molar-refractivity contribution is -0.137. The number of thioether (sulfide) groups is 1. The Labute approximate surface area is 191 Å². The number of hydrogen-bond acceptors (Lipinski definition) is 6. The second kappa shape index (κ2) is 9.83. The van der Waals surface area contributed by atoms with E-state index in [4.69, 9.17) is 14.6 Å². The molecule has 1 aromatic heterocycles. The highest BCUT2D eigenvalue weighted by Crippen LogP contribution is 2.37. The van der Waals surface area contributed by atoms with Crippen molar-refractivity contribution in [3.63, 3.8) is 0 Å². The maximum Gasteiger partial charge on any atom is 0.416 e. The lowest BCUT2D eigenvalue weighted by Gasteiger charge is -2.14. The summed E-state index contributed by atoms with van der Waals surface area (Å²) in [5, 5.41) is 9.49. The maximum absolute atomic E-state index is 12.8. The molecular weight excluding hydrogens is 463 g/mol. The number of benzene rings is 2. The Morgan fingerprint density at radius 3 is 2.44 bits per heavy atom. The van der Waals surface area contributed by atoms with Gasteiger partial charge in [-0.1, -0.05) is 12.1 Å². The number of ether oxygens (including phenoxy) is 2. The Kier molecular flexibility index (Phi) is 7.35. The second-order valence-corrected chi connectivity index (χ2v) is 8.94. The molecule has 0 radical (unpaired) electrons. The molecule has 1 heterocycles. The molecule has 0 atom stereocenters. The average Bonchev–Trinajstić information content (AvgIpc) is 3.11. The van der Waals surface area contributed by atoms with Gasteiger partial charge in [0.15, 0.2) is 11.5 Å². The van der Waals surface area contributed by atoms with Crippen molar-refractivity contribution in [3.05, 3.63) is 58.1 Å². The number of thiazole rings is 1. The van der Waals surface area contributed by atoms with E-state index >= 15 is 0 Å². The maximum atomic E-state index is 12.8. The topological polar surface area (TPSA) is 68.7 Å². The van der Waals surface area contributed by atoms with Crippen LogP contribution in [-0.4, -0.2) is 28.9 Å². The molecule has 0 aliphatic rings. The Bertz CT molecular complexity index is 1110. The lowest BCUT2D eigenvalue weighted by Crippen LogP contribution is -2.03. The van der Waals surface area contributed by atoms with Gasteiger partial charge in [-0.05, 0) is 43.7 Å². The summed E-state index contributed by atoms with van der Waals surface area (Å²) in [7, 11) is 1.50. The fourth-order valence-electron chi connectivity index (χ4n) is 2.84. The van der Waals surface area contributed by atoms with Crippen molar-refractivity contribution in [2.75, 3.05) is 12.9 Å². The minimum atomic E-state index is -4.38. The van der Waals surface area contributed by atoms with Gasteiger partial charge in [0.1, 0.15) is 11.6 Å². The zero-order valence-electron chi connectivity index (χ0n) is 17.4. The molecule has 10 heteroatoms. The van der Waals surface area contributed by atoms with Crippen LogP contribution >= 0.6 is 23.1 Å². The third-order valence-corrected chi connectivity index (χ3v) is 6.85. The number of carboxylic acid groups (broad SMARTS) is 1. The van der Waals surface area contributed by atoms with Gasteiger partial charge in [-0.3, -0.25) is 4.79 Å². The summed E-state index contributed by atoms with van der Waals surface area (Å²) >= 11 is 2.55. The number of rotatable bonds is 8. The van der Waals surface area contributed by atoms with E-state index in [0.29, 0.717) is 22.1 Å². The molecule has 0 saturated heterocycles. The van der Waals surface area contributed by atoms with Crippen LogP contribution in [0.15, 0.2) is 41.3 Å². The van der Waals surface area contributed by atoms with Crippen LogP contribution in [0.3, 0.4) is 0 Å². The zero-order valence-corrected chi connectivity index (χ0v) is 19.1. The Morgan fingerprint density at radius 2 is 1.84 bits per heavy atom. The smallest absolute Gasteiger partial charge is 0.416 e. The highest BCUT2D eigenvalue weighted by atomic mass is 32.2. The van der Waals surface area contributed by atoms with Crippen molar-refractivity contribution >= 4 is 29.1 Å². The Balaban J connectivity index is 1.76. The van der Waals surface area contributed by atoms with Gasteiger partial charge in [0.2, 0.25) is 0 Å². The van der Waals surface area contributed by atoms with Crippen molar-refractivity contribution in [1.82, 2.24) is 4.98 Å². The van der Waals surface area contributed by atoms with Crippen LogP contribution in [0.1, 0.15) is 21.7 Å². The monoisotopic (exact) mass is 483 g/mol. The van der Waals surface area contributed by atoms with E-state index in [1.54, 1.807) is 12.1 Å². The number of aliphatic carboxylic acids is 1. The molecule has 2 aromatic carbocycles. The first kappa shape index (κ1) is 23.9. The SMILES string of the molecule is COc1cc(SCC(=O)O)c(C)cc1OCc1sc(-c2ccc(C(F)(F)F)cc2)nc1C. The molecule has 170 valence electrons. The summed E-state index contributed by atoms with van der Waals surface area (Å²) in [6, 6.07) is 8.43. The van der Waals surface area contributed by atoms with Crippen molar-refractivity contribution in [1.29, 1.82) is 0 Å². The normalized spacial score (nSPS) is 11.4. The van der Waals surface area contributed by atoms with Gasteiger partial charge in [-0.15, -0.1) is 23.1 Å². The summed E-state index contributed by atoms with van der Waals surface area (Å²) < 4.78 is 49.7. The van der Waals surface area contributed by atoms with Gasteiger partial charge in [0.05, 0.1) is 29.0 Å². The number of carboxylic acids is 1. The average molecular weight is 484 g/mol. The number of nitrogens with zero attached hydrogens (tertiary/aromatic N) is 1. The fourth-order valence-corrected chi connectivity index (χ4v) is 4.58. The molecule has 0 amide bonds. The minimum absolute atomic E-state index is 0.0585. The molecule has 0 unspecified atom stereocenters. The molecule has 3 aromatic rings. The number of aromatic nitrogens is 1. The van der Waals surface area contributed by atoms with E-state index in [1.807, 2.05) is 13.8 Å². The van der Waals surface area contributed by atoms with Crippen LogP contribution in [-0.2, 0) is 17.6 Å². The number of hydrogen-bond donors (Lipinski definition) is 1. The van der Waals surface area contributed by atoms with Crippen molar-refractivity contribution in [2.45, 2.75) is 31.5 Å². The van der Waals surface area contributed by atoms with Crippen LogP contribution in [0.2, 0.25) is 0 Å². The predicted molar refractivity (Wildman–Crippen MR) is 118 cm³/mol. The van der Waals surface area contributed by atoms with Gasteiger partial charge in [0.25, 0.3) is 0 Å². The summed E-state index contributed by atoms with van der Waals surface area (Å²) in [5.74, 6) is 0.0251. The fraction of sp³-hybridized carbons (Fsp3) is 0.273. The van der Waals surface area contributed by atoms with E-state index in [-0.39, 0.29) is 12.4 Å². The highest BCUT2D eigenvalue weighted by Gasteiger charge is 2.30. The van der Waals surface area contributed by atoms with E-state index in [2.05, 4.69) is 4.98 Å². The highest BCUT2D eigenvalue weighted by molar-refractivity contribution is 8.00. The zero-order chi connectivity index (χ0) is 23.5. The number of alkyl halides is 3. The van der Waals surface area contributed by atoms with E-state index in [1.165, 1.54) is 42.3 Å². The molecule has 0 fully saturated rings. The van der Waals surface area contributed by atoms with Crippen molar-refractivity contribution in [2.24, 2.45) is 0 Å². The molecule has 32 heavy (non-hydrogen) atoms. The van der Waals surface area contributed by atoms with Gasteiger partial charge in [-0.2, -0.15) is 13.2 Å².